The Balaban J connectivity index is 1.53. The van der Waals surface area contributed by atoms with Crippen LogP contribution in [0.2, 0.25) is 0 Å². The summed E-state index contributed by atoms with van der Waals surface area (Å²) >= 11 is 3.08. The number of thiophene rings is 1. The first kappa shape index (κ1) is 14.5. The van der Waals surface area contributed by atoms with E-state index in [0.717, 1.165) is 10.6 Å². The first-order valence-corrected chi connectivity index (χ1v) is 8.14. The summed E-state index contributed by atoms with van der Waals surface area (Å²) in [6.07, 6.45) is 1.48. The van der Waals surface area contributed by atoms with Crippen molar-refractivity contribution >= 4 is 34.5 Å². The average molecular weight is 333 g/mol. The minimum atomic E-state index is -0.504. The van der Waals surface area contributed by atoms with Crippen molar-refractivity contribution in [3.63, 3.8) is 0 Å². The van der Waals surface area contributed by atoms with Crippen LogP contribution >= 0.6 is 22.7 Å². The van der Waals surface area contributed by atoms with E-state index in [2.05, 4.69) is 15.8 Å². The van der Waals surface area contributed by atoms with Crippen LogP contribution in [0.5, 0.6) is 0 Å². The molecule has 3 aromatic rings. The van der Waals surface area contributed by atoms with Crippen molar-refractivity contribution in [1.29, 1.82) is 0 Å². The predicted octanol–water partition coefficient (Wildman–Crippen LogP) is 2.47. The summed E-state index contributed by atoms with van der Waals surface area (Å²) < 4.78 is 4.92. The Hall–Kier alpha value is -2.45. The van der Waals surface area contributed by atoms with Gasteiger partial charge < -0.3 is 4.42 Å². The van der Waals surface area contributed by atoms with E-state index in [1.54, 1.807) is 17.4 Å². The van der Waals surface area contributed by atoms with E-state index in [9.17, 15) is 9.59 Å². The third kappa shape index (κ3) is 3.41. The molecule has 3 rings (SSSR count). The molecule has 0 spiro atoms. The van der Waals surface area contributed by atoms with E-state index < -0.39 is 5.91 Å². The Labute approximate surface area is 133 Å². The molecular weight excluding hydrogens is 322 g/mol. The summed E-state index contributed by atoms with van der Waals surface area (Å²) in [6, 6.07) is 5.09. The van der Waals surface area contributed by atoms with Gasteiger partial charge in [-0.3, -0.25) is 20.4 Å². The van der Waals surface area contributed by atoms with Crippen LogP contribution in [-0.2, 0) is 11.2 Å². The molecule has 2 N–H and O–H groups in total. The second-order valence-electron chi connectivity index (χ2n) is 4.31. The van der Waals surface area contributed by atoms with Crippen LogP contribution in [0.15, 0.2) is 45.0 Å². The number of thiazole rings is 1. The Morgan fingerprint density at radius 3 is 2.86 bits per heavy atom. The van der Waals surface area contributed by atoms with E-state index in [1.165, 1.54) is 23.7 Å². The van der Waals surface area contributed by atoms with Crippen molar-refractivity contribution in [3.05, 3.63) is 52.1 Å². The molecular formula is C14H11N3O3S2. The number of hydrazine groups is 1. The molecule has 2 amide bonds. The quantitative estimate of drug-likeness (QED) is 0.718. The molecule has 0 aliphatic carbocycles. The number of amides is 2. The maximum Gasteiger partial charge on any atom is 0.305 e. The second-order valence-corrected chi connectivity index (χ2v) is 5.95. The fraction of sp³-hybridized carbons (Fsp3) is 0.0714. The zero-order valence-electron chi connectivity index (χ0n) is 11.2. The molecule has 112 valence electrons. The molecule has 0 fully saturated rings. The lowest BCUT2D eigenvalue weighted by molar-refractivity contribution is -0.121. The third-order valence-electron chi connectivity index (χ3n) is 2.72. The smallest absolute Gasteiger partial charge is 0.305 e. The van der Waals surface area contributed by atoms with Gasteiger partial charge in [-0.15, -0.1) is 11.3 Å². The zero-order valence-corrected chi connectivity index (χ0v) is 12.9. The Morgan fingerprint density at radius 1 is 1.23 bits per heavy atom. The molecule has 0 unspecified atom stereocenters. The lowest BCUT2D eigenvalue weighted by atomic mass is 10.3. The third-order valence-corrected chi connectivity index (χ3v) is 4.35. The van der Waals surface area contributed by atoms with Gasteiger partial charge in [0, 0.05) is 16.3 Å². The summed E-state index contributed by atoms with van der Waals surface area (Å²) in [5.41, 5.74) is 6.33. The summed E-state index contributed by atoms with van der Waals surface area (Å²) in [7, 11) is 0. The Morgan fingerprint density at radius 2 is 2.14 bits per heavy atom. The topological polar surface area (TPSA) is 84.2 Å². The lowest BCUT2D eigenvalue weighted by Gasteiger charge is -2.04. The highest BCUT2D eigenvalue weighted by atomic mass is 32.1. The summed E-state index contributed by atoms with van der Waals surface area (Å²) in [6.45, 7) is 0. The maximum absolute atomic E-state index is 11.8. The molecule has 8 heteroatoms. The van der Waals surface area contributed by atoms with E-state index >= 15 is 0 Å². The van der Waals surface area contributed by atoms with Crippen molar-refractivity contribution in [1.82, 2.24) is 15.8 Å². The van der Waals surface area contributed by atoms with Gasteiger partial charge in [-0.1, -0.05) is 0 Å². The van der Waals surface area contributed by atoms with E-state index in [1.807, 2.05) is 22.2 Å². The van der Waals surface area contributed by atoms with Crippen molar-refractivity contribution in [2.45, 2.75) is 6.42 Å². The van der Waals surface area contributed by atoms with Crippen LogP contribution in [0.3, 0.4) is 0 Å². The first-order valence-electron chi connectivity index (χ1n) is 6.32. The number of carbonyl (C=O) groups excluding carboxylic acids is 2. The standard InChI is InChI=1S/C14H11N3O3S2/c18-12(16-17-13(19)11-2-1-4-20-11)6-10-8-22-14(15-10)9-3-5-21-7-9/h1-5,7-8H,6H2,(H,16,18)(H,17,19). The lowest BCUT2D eigenvalue weighted by Crippen LogP contribution is -2.42. The van der Waals surface area contributed by atoms with Crippen LogP contribution in [-0.4, -0.2) is 16.8 Å². The molecule has 3 aromatic heterocycles. The fourth-order valence-corrected chi connectivity index (χ4v) is 3.24. The number of rotatable bonds is 4. The molecule has 0 radical (unpaired) electrons. The van der Waals surface area contributed by atoms with Gasteiger partial charge >= 0.3 is 5.91 Å². The minimum absolute atomic E-state index is 0.0963. The zero-order chi connectivity index (χ0) is 15.4. The van der Waals surface area contributed by atoms with Crippen LogP contribution in [0.4, 0.5) is 0 Å². The van der Waals surface area contributed by atoms with Crippen molar-refractivity contribution < 1.29 is 14.0 Å². The van der Waals surface area contributed by atoms with Gasteiger partial charge in [0.15, 0.2) is 5.76 Å². The van der Waals surface area contributed by atoms with Crippen LogP contribution < -0.4 is 10.9 Å². The SMILES string of the molecule is O=C(Cc1csc(-c2ccsc2)n1)NNC(=O)c1ccco1. The molecule has 6 nitrogen and oxygen atoms in total. The highest BCUT2D eigenvalue weighted by molar-refractivity contribution is 7.14. The van der Waals surface area contributed by atoms with Crippen LogP contribution in [0, 0.1) is 0 Å². The molecule has 0 atom stereocenters. The van der Waals surface area contributed by atoms with Gasteiger partial charge in [-0.05, 0) is 23.6 Å². The highest BCUT2D eigenvalue weighted by Crippen LogP contribution is 2.25. The first-order chi connectivity index (χ1) is 10.7. The van der Waals surface area contributed by atoms with Crippen molar-refractivity contribution in [3.8, 4) is 10.6 Å². The number of hydrogen-bond donors (Lipinski definition) is 2. The summed E-state index contributed by atoms with van der Waals surface area (Å²) in [5.74, 6) is -0.716. The number of aromatic nitrogens is 1. The van der Waals surface area contributed by atoms with Crippen molar-refractivity contribution in [2.24, 2.45) is 0 Å². The van der Waals surface area contributed by atoms with Gasteiger partial charge in [0.05, 0.1) is 18.4 Å². The van der Waals surface area contributed by atoms with Gasteiger partial charge in [0.1, 0.15) is 5.01 Å². The monoisotopic (exact) mass is 333 g/mol. The average Bonchev–Trinajstić information content (AvgIpc) is 3.23. The summed E-state index contributed by atoms with van der Waals surface area (Å²) in [5, 5.41) is 6.70. The van der Waals surface area contributed by atoms with Gasteiger partial charge in [-0.25, -0.2) is 4.98 Å². The van der Waals surface area contributed by atoms with E-state index in [0.29, 0.717) is 5.69 Å². The molecule has 3 heterocycles. The van der Waals surface area contributed by atoms with Gasteiger partial charge in [0.25, 0.3) is 0 Å². The fourth-order valence-electron chi connectivity index (χ4n) is 1.71. The number of furan rings is 1. The summed E-state index contributed by atoms with van der Waals surface area (Å²) in [4.78, 5) is 27.8. The molecule has 0 saturated carbocycles. The second kappa shape index (κ2) is 6.54. The maximum atomic E-state index is 11.8. The normalized spacial score (nSPS) is 10.4. The number of nitrogens with zero attached hydrogens (tertiary/aromatic N) is 1. The Kier molecular flexibility index (Phi) is 4.31. The van der Waals surface area contributed by atoms with Crippen LogP contribution in [0.25, 0.3) is 10.6 Å². The van der Waals surface area contributed by atoms with Crippen molar-refractivity contribution in [2.75, 3.05) is 0 Å². The van der Waals surface area contributed by atoms with Crippen LogP contribution in [0.1, 0.15) is 16.2 Å². The number of carbonyl (C=O) groups is 2. The molecule has 0 aliphatic rings. The van der Waals surface area contributed by atoms with E-state index in [4.69, 9.17) is 4.42 Å². The van der Waals surface area contributed by atoms with Gasteiger partial charge in [0.2, 0.25) is 5.91 Å². The molecule has 0 saturated heterocycles. The Bertz CT molecular complexity index is 763. The largest absolute Gasteiger partial charge is 0.459 e. The molecule has 0 bridgehead atoms. The minimum Gasteiger partial charge on any atom is -0.459 e. The highest BCUT2D eigenvalue weighted by Gasteiger charge is 2.12. The van der Waals surface area contributed by atoms with E-state index in [-0.39, 0.29) is 18.1 Å². The number of nitrogens with one attached hydrogen (secondary N) is 2. The molecule has 0 aromatic carbocycles. The number of hydrogen-bond acceptors (Lipinski definition) is 6. The molecule has 22 heavy (non-hydrogen) atoms. The van der Waals surface area contributed by atoms with Gasteiger partial charge in [-0.2, -0.15) is 11.3 Å². The molecule has 0 aliphatic heterocycles. The predicted molar refractivity (Wildman–Crippen MR) is 83.4 cm³/mol.